The van der Waals surface area contributed by atoms with E-state index in [2.05, 4.69) is 53.4 Å². The maximum Gasteiger partial charge on any atom is 0.220 e. The van der Waals surface area contributed by atoms with Crippen molar-refractivity contribution in [3.8, 4) is 0 Å². The third-order valence-corrected chi connectivity index (χ3v) is 4.99. The molecule has 4 heteroatoms. The van der Waals surface area contributed by atoms with Gasteiger partial charge in [0.25, 0.3) is 0 Å². The van der Waals surface area contributed by atoms with Crippen LogP contribution in [0.5, 0.6) is 0 Å². The van der Waals surface area contributed by atoms with Crippen LogP contribution in [-0.4, -0.2) is 48.9 Å². The van der Waals surface area contributed by atoms with Crippen molar-refractivity contribution in [1.82, 2.24) is 15.1 Å². The lowest BCUT2D eigenvalue weighted by Crippen LogP contribution is -2.43. The van der Waals surface area contributed by atoms with Gasteiger partial charge in [-0.3, -0.25) is 9.69 Å². The van der Waals surface area contributed by atoms with Crippen LogP contribution in [0.4, 0.5) is 0 Å². The number of hydrogen-bond acceptors (Lipinski definition) is 3. The lowest BCUT2D eigenvalue weighted by atomic mass is 10.1. The zero-order valence-electron chi connectivity index (χ0n) is 16.1. The van der Waals surface area contributed by atoms with E-state index in [1.54, 1.807) is 0 Å². The van der Waals surface area contributed by atoms with E-state index in [-0.39, 0.29) is 5.91 Å². The van der Waals surface area contributed by atoms with Gasteiger partial charge in [-0.05, 0) is 24.6 Å². The van der Waals surface area contributed by atoms with Gasteiger partial charge in [0.2, 0.25) is 5.91 Å². The van der Waals surface area contributed by atoms with Gasteiger partial charge < -0.3 is 10.2 Å². The van der Waals surface area contributed by atoms with Crippen molar-refractivity contribution >= 4 is 5.91 Å². The second-order valence-corrected chi connectivity index (χ2v) is 7.34. The average Bonchev–Trinajstić information content (AvgIpc) is 2.62. The van der Waals surface area contributed by atoms with Crippen LogP contribution in [-0.2, 0) is 17.9 Å². The Morgan fingerprint density at radius 2 is 1.76 bits per heavy atom. The SMILES string of the molecule is CCCCCCCC(=O)NCc1cccc(CN2CCN(C)CC2)c1. The lowest BCUT2D eigenvalue weighted by Gasteiger charge is -2.32. The van der Waals surface area contributed by atoms with Crippen LogP contribution in [0.3, 0.4) is 0 Å². The van der Waals surface area contributed by atoms with E-state index in [1.165, 1.54) is 36.8 Å². The number of carbonyl (C=O) groups is 1. The van der Waals surface area contributed by atoms with Crippen LogP contribution in [0.25, 0.3) is 0 Å². The highest BCUT2D eigenvalue weighted by atomic mass is 16.1. The predicted octanol–water partition coefficient (Wildman–Crippen LogP) is 3.41. The molecule has 0 bridgehead atoms. The van der Waals surface area contributed by atoms with E-state index in [0.29, 0.717) is 13.0 Å². The summed E-state index contributed by atoms with van der Waals surface area (Å²) in [5.74, 6) is 0.181. The number of carbonyl (C=O) groups excluding carboxylic acids is 1. The molecule has 0 aliphatic carbocycles. The van der Waals surface area contributed by atoms with E-state index in [1.807, 2.05) is 0 Å². The minimum atomic E-state index is 0.181. The summed E-state index contributed by atoms with van der Waals surface area (Å²) < 4.78 is 0. The first kappa shape index (κ1) is 19.9. The number of nitrogens with zero attached hydrogens (tertiary/aromatic N) is 2. The third-order valence-electron chi connectivity index (χ3n) is 4.99. The largest absolute Gasteiger partial charge is 0.352 e. The van der Waals surface area contributed by atoms with Crippen LogP contribution >= 0.6 is 0 Å². The molecular formula is C21H35N3O. The Morgan fingerprint density at radius 3 is 2.52 bits per heavy atom. The standard InChI is InChI=1S/C21H35N3O/c1-3-4-5-6-7-11-21(25)22-17-19-9-8-10-20(16-19)18-24-14-12-23(2)13-15-24/h8-10,16H,3-7,11-15,17-18H2,1-2H3,(H,22,25). The fraction of sp³-hybridized carbons (Fsp3) is 0.667. The Morgan fingerprint density at radius 1 is 1.04 bits per heavy atom. The summed E-state index contributed by atoms with van der Waals surface area (Å²) in [6.45, 7) is 8.43. The minimum Gasteiger partial charge on any atom is -0.352 e. The van der Waals surface area contributed by atoms with Gasteiger partial charge in [0.15, 0.2) is 0 Å². The van der Waals surface area contributed by atoms with Gasteiger partial charge in [-0.2, -0.15) is 0 Å². The topological polar surface area (TPSA) is 35.6 Å². The number of amides is 1. The summed E-state index contributed by atoms with van der Waals surface area (Å²) >= 11 is 0. The first-order valence-electron chi connectivity index (χ1n) is 9.93. The van der Waals surface area contributed by atoms with Crippen LogP contribution in [0.15, 0.2) is 24.3 Å². The molecular weight excluding hydrogens is 310 g/mol. The first-order chi connectivity index (χ1) is 12.2. The molecule has 1 fully saturated rings. The molecule has 0 radical (unpaired) electrons. The summed E-state index contributed by atoms with van der Waals surface area (Å²) in [4.78, 5) is 16.8. The summed E-state index contributed by atoms with van der Waals surface area (Å²) in [5, 5.41) is 3.07. The Labute approximate surface area is 153 Å². The Hall–Kier alpha value is -1.39. The maximum absolute atomic E-state index is 12.0. The molecule has 4 nitrogen and oxygen atoms in total. The number of nitrogens with one attached hydrogen (secondary N) is 1. The molecule has 1 aromatic carbocycles. The molecule has 2 rings (SSSR count). The molecule has 140 valence electrons. The smallest absolute Gasteiger partial charge is 0.220 e. The van der Waals surface area contributed by atoms with Gasteiger partial charge in [0.1, 0.15) is 0 Å². The van der Waals surface area contributed by atoms with E-state index >= 15 is 0 Å². The number of likely N-dealkylation sites (N-methyl/N-ethyl adjacent to an activating group) is 1. The van der Waals surface area contributed by atoms with E-state index < -0.39 is 0 Å². The highest BCUT2D eigenvalue weighted by molar-refractivity contribution is 5.75. The van der Waals surface area contributed by atoms with Crippen molar-refractivity contribution in [1.29, 1.82) is 0 Å². The summed E-state index contributed by atoms with van der Waals surface area (Å²) in [7, 11) is 2.18. The van der Waals surface area contributed by atoms with Crippen LogP contribution in [0.2, 0.25) is 0 Å². The van der Waals surface area contributed by atoms with Crippen molar-refractivity contribution in [3.05, 3.63) is 35.4 Å². The number of benzene rings is 1. The molecule has 1 heterocycles. The Balaban J connectivity index is 1.69. The van der Waals surface area contributed by atoms with Gasteiger partial charge in [-0.15, -0.1) is 0 Å². The zero-order chi connectivity index (χ0) is 17.9. The average molecular weight is 346 g/mol. The fourth-order valence-electron chi connectivity index (χ4n) is 3.28. The Kier molecular flexibility index (Phi) is 8.98. The summed E-state index contributed by atoms with van der Waals surface area (Å²) in [6.07, 6.45) is 6.61. The molecule has 0 unspecified atom stereocenters. The van der Waals surface area contributed by atoms with Crippen LogP contribution in [0, 0.1) is 0 Å². The zero-order valence-corrected chi connectivity index (χ0v) is 16.1. The number of rotatable bonds is 10. The normalized spacial score (nSPS) is 16.1. The highest BCUT2D eigenvalue weighted by Gasteiger charge is 2.13. The van der Waals surface area contributed by atoms with Gasteiger partial charge in [0, 0.05) is 45.7 Å². The minimum absolute atomic E-state index is 0.181. The molecule has 0 aromatic heterocycles. The predicted molar refractivity (Wildman–Crippen MR) is 104 cm³/mol. The van der Waals surface area contributed by atoms with Gasteiger partial charge in [-0.25, -0.2) is 0 Å². The van der Waals surface area contributed by atoms with Gasteiger partial charge >= 0.3 is 0 Å². The molecule has 1 amide bonds. The van der Waals surface area contributed by atoms with E-state index in [0.717, 1.165) is 39.1 Å². The van der Waals surface area contributed by atoms with Crippen molar-refractivity contribution in [3.63, 3.8) is 0 Å². The van der Waals surface area contributed by atoms with Crippen LogP contribution in [0.1, 0.15) is 56.6 Å². The summed E-state index contributed by atoms with van der Waals surface area (Å²) in [5.41, 5.74) is 2.54. The van der Waals surface area contributed by atoms with E-state index in [4.69, 9.17) is 0 Å². The van der Waals surface area contributed by atoms with Crippen molar-refractivity contribution in [2.24, 2.45) is 0 Å². The van der Waals surface area contributed by atoms with Crippen molar-refractivity contribution in [2.45, 2.75) is 58.5 Å². The van der Waals surface area contributed by atoms with Gasteiger partial charge in [-0.1, -0.05) is 56.9 Å². The molecule has 0 spiro atoms. The number of hydrogen-bond donors (Lipinski definition) is 1. The third kappa shape index (κ3) is 8.02. The number of piperazine rings is 1. The van der Waals surface area contributed by atoms with Gasteiger partial charge in [0.05, 0.1) is 0 Å². The number of unbranched alkanes of at least 4 members (excludes halogenated alkanes) is 4. The molecule has 1 aliphatic heterocycles. The van der Waals surface area contributed by atoms with E-state index in [9.17, 15) is 4.79 Å². The Bertz CT molecular complexity index is 510. The molecule has 0 saturated carbocycles. The molecule has 1 aliphatic rings. The maximum atomic E-state index is 12.0. The quantitative estimate of drug-likeness (QED) is 0.660. The second-order valence-electron chi connectivity index (χ2n) is 7.34. The molecule has 1 saturated heterocycles. The first-order valence-corrected chi connectivity index (χ1v) is 9.93. The highest BCUT2D eigenvalue weighted by Crippen LogP contribution is 2.11. The van der Waals surface area contributed by atoms with Crippen molar-refractivity contribution in [2.75, 3.05) is 33.2 Å². The monoisotopic (exact) mass is 345 g/mol. The summed E-state index contributed by atoms with van der Waals surface area (Å²) in [6, 6.07) is 8.64. The molecule has 25 heavy (non-hydrogen) atoms. The molecule has 1 aromatic rings. The molecule has 1 N–H and O–H groups in total. The lowest BCUT2D eigenvalue weighted by molar-refractivity contribution is -0.121. The van der Waals surface area contributed by atoms with Crippen LogP contribution < -0.4 is 5.32 Å². The fourth-order valence-corrected chi connectivity index (χ4v) is 3.28. The molecule has 0 atom stereocenters. The second kappa shape index (κ2) is 11.3. The van der Waals surface area contributed by atoms with Crippen molar-refractivity contribution < 1.29 is 4.79 Å².